The number of carbonyl (C=O) groups excluding carboxylic acids is 1. The van der Waals surface area contributed by atoms with E-state index >= 15 is 0 Å². The predicted octanol–water partition coefficient (Wildman–Crippen LogP) is 2.89. The molecular weight excluding hydrogens is 475 g/mol. The number of nitrogens with zero attached hydrogens (tertiary/aromatic N) is 4. The first kappa shape index (κ1) is 22.5. The van der Waals surface area contributed by atoms with Crippen LogP contribution >= 0.6 is 15.9 Å². The summed E-state index contributed by atoms with van der Waals surface area (Å²) in [6.07, 6.45) is 0.426. The standard InChI is InChI=1S/C15H18BrFN6O5S/c1-3-27-15(24)23-29(2,26)7-6-18-13-12(21-28-22-13)14(20-25)19-9-4-5-11(17)10(16)8-9/h4-5,8,25H,3,6-7H2,1-2H3,(H,18,22)(H,19,20). The molecule has 0 bridgehead atoms. The lowest BCUT2D eigenvalue weighted by molar-refractivity contribution is 0.164. The molecule has 0 spiro atoms. The first-order chi connectivity index (χ1) is 13.8. The molecule has 0 aliphatic carbocycles. The number of carbonyl (C=O) groups is 1. The van der Waals surface area contributed by atoms with Gasteiger partial charge in [0, 0.05) is 24.2 Å². The normalized spacial score (nSPS) is 13.4. The number of hydrogen-bond acceptors (Lipinski definition) is 9. The van der Waals surface area contributed by atoms with Crippen LogP contribution in [0.4, 0.5) is 20.7 Å². The number of anilines is 2. The van der Waals surface area contributed by atoms with Crippen LogP contribution in [-0.2, 0) is 14.5 Å². The zero-order chi connectivity index (χ0) is 21.4. The molecule has 0 saturated carbocycles. The second-order valence-corrected chi connectivity index (χ2v) is 8.91. The van der Waals surface area contributed by atoms with Crippen LogP contribution in [0.15, 0.2) is 36.8 Å². The molecule has 0 aliphatic rings. The molecule has 0 radical (unpaired) electrons. The van der Waals surface area contributed by atoms with Crippen molar-refractivity contribution < 1.29 is 28.0 Å². The zero-order valence-electron chi connectivity index (χ0n) is 15.4. The summed E-state index contributed by atoms with van der Waals surface area (Å²) < 4.78 is 38.7. The summed E-state index contributed by atoms with van der Waals surface area (Å²) in [5, 5.41) is 25.3. The molecular formula is C15H18BrFN6O5S. The third kappa shape index (κ3) is 6.67. The molecule has 0 aliphatic heterocycles. The van der Waals surface area contributed by atoms with Crippen molar-refractivity contribution in [2.45, 2.75) is 6.92 Å². The van der Waals surface area contributed by atoms with Gasteiger partial charge in [-0.3, -0.25) is 0 Å². The molecule has 2 aromatic rings. The van der Waals surface area contributed by atoms with E-state index in [1.807, 2.05) is 0 Å². The van der Waals surface area contributed by atoms with Crippen molar-refractivity contribution in [2.24, 2.45) is 9.52 Å². The van der Waals surface area contributed by atoms with Crippen LogP contribution in [0.2, 0.25) is 0 Å². The Labute approximate surface area is 174 Å². The van der Waals surface area contributed by atoms with Crippen LogP contribution in [0, 0.1) is 5.82 Å². The maximum atomic E-state index is 13.4. The lowest BCUT2D eigenvalue weighted by atomic mass is 10.3. The molecule has 1 unspecified atom stereocenters. The lowest BCUT2D eigenvalue weighted by Gasteiger charge is -2.09. The molecule has 1 atom stereocenters. The van der Waals surface area contributed by atoms with Crippen molar-refractivity contribution in [1.82, 2.24) is 10.3 Å². The maximum Gasteiger partial charge on any atom is 0.441 e. The zero-order valence-corrected chi connectivity index (χ0v) is 17.8. The van der Waals surface area contributed by atoms with E-state index in [2.05, 4.69) is 55.8 Å². The highest BCUT2D eigenvalue weighted by Gasteiger charge is 2.18. The highest BCUT2D eigenvalue weighted by atomic mass is 79.9. The number of ether oxygens (including phenoxy) is 1. The fourth-order valence-corrected chi connectivity index (χ4v) is 3.33. The Morgan fingerprint density at radius 2 is 2.21 bits per heavy atom. The van der Waals surface area contributed by atoms with Crippen LogP contribution in [0.5, 0.6) is 0 Å². The molecule has 11 nitrogen and oxygen atoms in total. The van der Waals surface area contributed by atoms with E-state index in [0.717, 1.165) is 0 Å². The Morgan fingerprint density at radius 1 is 1.45 bits per heavy atom. The van der Waals surface area contributed by atoms with Crippen LogP contribution in [0.3, 0.4) is 0 Å². The van der Waals surface area contributed by atoms with Crippen molar-refractivity contribution in [2.75, 3.05) is 35.8 Å². The SMILES string of the molecule is CCOC(=O)N=S(C)(=O)CCNc1nonc1/C(=N/O)Nc1ccc(F)c(Br)c1. The average molecular weight is 493 g/mol. The van der Waals surface area contributed by atoms with Gasteiger partial charge >= 0.3 is 6.09 Å². The monoisotopic (exact) mass is 492 g/mol. The number of amides is 1. The van der Waals surface area contributed by atoms with Gasteiger partial charge in [-0.2, -0.15) is 0 Å². The van der Waals surface area contributed by atoms with E-state index in [1.54, 1.807) is 6.92 Å². The van der Waals surface area contributed by atoms with E-state index in [4.69, 9.17) is 0 Å². The summed E-state index contributed by atoms with van der Waals surface area (Å²) in [6.45, 7) is 1.84. The van der Waals surface area contributed by atoms with Gasteiger partial charge in [-0.25, -0.2) is 18.0 Å². The first-order valence-electron chi connectivity index (χ1n) is 8.13. The Balaban J connectivity index is 2.06. The third-order valence-corrected chi connectivity index (χ3v) is 5.41. The minimum atomic E-state index is -2.83. The van der Waals surface area contributed by atoms with Gasteiger partial charge < -0.3 is 20.6 Å². The van der Waals surface area contributed by atoms with Crippen LogP contribution in [-0.4, -0.2) is 56.8 Å². The van der Waals surface area contributed by atoms with Gasteiger partial charge in [-0.05, 0) is 51.4 Å². The molecule has 1 aromatic heterocycles. The average Bonchev–Trinajstić information content (AvgIpc) is 3.10. The van der Waals surface area contributed by atoms with Gasteiger partial charge in [-0.1, -0.05) is 5.16 Å². The van der Waals surface area contributed by atoms with Crippen molar-refractivity contribution in [1.29, 1.82) is 0 Å². The van der Waals surface area contributed by atoms with Crippen molar-refractivity contribution in [3.63, 3.8) is 0 Å². The molecule has 1 heterocycles. The van der Waals surface area contributed by atoms with Gasteiger partial charge in [-0.15, -0.1) is 4.36 Å². The van der Waals surface area contributed by atoms with Gasteiger partial charge in [0.05, 0.1) is 20.8 Å². The van der Waals surface area contributed by atoms with Crippen LogP contribution < -0.4 is 10.6 Å². The van der Waals surface area contributed by atoms with E-state index in [0.29, 0.717) is 5.69 Å². The topological polar surface area (TPSA) is 151 Å². The first-order valence-corrected chi connectivity index (χ1v) is 11.0. The molecule has 29 heavy (non-hydrogen) atoms. The number of amidine groups is 1. The Bertz CT molecular complexity index is 1020. The number of rotatable bonds is 7. The summed E-state index contributed by atoms with van der Waals surface area (Å²) in [6, 6.07) is 4.08. The summed E-state index contributed by atoms with van der Waals surface area (Å²) in [5.74, 6) is -0.486. The molecule has 0 fully saturated rings. The number of aromatic nitrogens is 2. The smallest absolute Gasteiger partial charge is 0.441 e. The van der Waals surface area contributed by atoms with Crippen LogP contribution in [0.1, 0.15) is 12.6 Å². The van der Waals surface area contributed by atoms with E-state index in [1.165, 1.54) is 24.5 Å². The molecule has 2 rings (SSSR count). The number of hydrogen-bond donors (Lipinski definition) is 3. The predicted molar refractivity (Wildman–Crippen MR) is 107 cm³/mol. The molecule has 158 valence electrons. The fraction of sp³-hybridized carbons (Fsp3) is 0.333. The molecule has 14 heteroatoms. The molecule has 1 aromatic carbocycles. The Hall–Kier alpha value is -2.74. The van der Waals surface area contributed by atoms with Crippen molar-refractivity contribution in [3.8, 4) is 0 Å². The van der Waals surface area contributed by atoms with Gasteiger partial charge in [0.25, 0.3) is 0 Å². The summed E-state index contributed by atoms with van der Waals surface area (Å²) in [7, 11) is -2.83. The third-order valence-electron chi connectivity index (χ3n) is 3.30. The number of nitrogens with one attached hydrogen (secondary N) is 2. The van der Waals surface area contributed by atoms with E-state index in [-0.39, 0.29) is 40.7 Å². The van der Waals surface area contributed by atoms with Crippen LogP contribution in [0.25, 0.3) is 0 Å². The molecule has 3 N–H and O–H groups in total. The second kappa shape index (κ2) is 10.2. The van der Waals surface area contributed by atoms with Gasteiger partial charge in [0.15, 0.2) is 5.69 Å². The quantitative estimate of drug-likeness (QED) is 0.229. The maximum absolute atomic E-state index is 13.4. The fourth-order valence-electron chi connectivity index (χ4n) is 2.01. The van der Waals surface area contributed by atoms with Crippen molar-refractivity contribution >= 4 is 49.1 Å². The van der Waals surface area contributed by atoms with Crippen molar-refractivity contribution in [3.05, 3.63) is 34.2 Å². The van der Waals surface area contributed by atoms with Gasteiger partial charge in [0.2, 0.25) is 11.7 Å². The van der Waals surface area contributed by atoms with E-state index in [9.17, 15) is 18.6 Å². The Kier molecular flexibility index (Phi) is 7.90. The summed E-state index contributed by atoms with van der Waals surface area (Å²) in [5.41, 5.74) is 0.433. The number of oxime groups is 1. The largest absolute Gasteiger partial charge is 0.448 e. The number of benzene rings is 1. The lowest BCUT2D eigenvalue weighted by Crippen LogP contribution is -2.20. The highest BCUT2D eigenvalue weighted by Crippen LogP contribution is 2.21. The van der Waals surface area contributed by atoms with E-state index < -0.39 is 21.6 Å². The summed E-state index contributed by atoms with van der Waals surface area (Å²) >= 11 is 3.06. The minimum absolute atomic E-state index is 0.00204. The Morgan fingerprint density at radius 3 is 2.86 bits per heavy atom. The minimum Gasteiger partial charge on any atom is -0.448 e. The highest BCUT2D eigenvalue weighted by molar-refractivity contribution is 9.10. The second-order valence-electron chi connectivity index (χ2n) is 5.54. The van der Waals surface area contributed by atoms with Gasteiger partial charge in [0.1, 0.15) is 5.82 Å². The molecule has 0 saturated heterocycles. The molecule has 1 amide bonds. The number of halogens is 2. The summed E-state index contributed by atoms with van der Waals surface area (Å²) in [4.78, 5) is 11.3.